The second-order valence-electron chi connectivity index (χ2n) is 10.7. The zero-order valence-electron chi connectivity index (χ0n) is 23.5. The Hall–Kier alpha value is -0.540. The maximum absolute atomic E-state index is 11.9. The van der Waals surface area contributed by atoms with Crippen LogP contribution in [0.5, 0.6) is 0 Å². The number of phosphoric acid groups is 1. The first kappa shape index (κ1) is 35.5. The Labute approximate surface area is 220 Å². The van der Waals surface area contributed by atoms with Crippen LogP contribution in [-0.4, -0.2) is 74.2 Å². The smallest absolute Gasteiger partial charge is 0.463 e. The lowest BCUT2D eigenvalue weighted by molar-refractivity contribution is -0.870. The molecule has 0 bridgehead atoms. The molecular weight excluding hydrogens is 485 g/mol. The summed E-state index contributed by atoms with van der Waals surface area (Å²) in [6, 6.07) is 0. The topological polar surface area (TPSA) is 112 Å². The molecule has 216 valence electrons. The molecule has 0 rings (SSSR count). The molecule has 0 radical (unpaired) electrons. The third kappa shape index (κ3) is 25.1. The molecule has 10 heteroatoms. The van der Waals surface area contributed by atoms with E-state index < -0.39 is 26.5 Å². The van der Waals surface area contributed by atoms with Crippen LogP contribution in [0.4, 0.5) is 0 Å². The third-order valence-corrected chi connectivity index (χ3v) is 6.99. The molecule has 0 heterocycles. The summed E-state index contributed by atoms with van der Waals surface area (Å²) in [5, 5.41) is 8.95. The Kier molecular flexibility index (Phi) is 22.1. The van der Waals surface area contributed by atoms with E-state index in [9.17, 15) is 14.3 Å². The van der Waals surface area contributed by atoms with Crippen molar-refractivity contribution in [2.45, 2.75) is 116 Å². The molecule has 0 saturated carbocycles. The van der Waals surface area contributed by atoms with Gasteiger partial charge in [0.05, 0.1) is 27.7 Å². The highest BCUT2D eigenvalue weighted by Crippen LogP contribution is 2.43. The highest BCUT2D eigenvalue weighted by Gasteiger charge is 2.25. The quantitative estimate of drug-likeness (QED) is 0.0320. The molecule has 0 aliphatic heterocycles. The summed E-state index contributed by atoms with van der Waals surface area (Å²) in [5.74, 6) is -0.391. The predicted molar refractivity (Wildman–Crippen MR) is 143 cm³/mol. The molecule has 0 fully saturated rings. The Morgan fingerprint density at radius 1 is 0.778 bits per heavy atom. The number of carbonyl (C=O) groups excluding carboxylic acids is 1. The summed E-state index contributed by atoms with van der Waals surface area (Å²) in [5.41, 5.74) is 0. The van der Waals surface area contributed by atoms with Crippen LogP contribution in [0.3, 0.4) is 0 Å². The first-order valence-corrected chi connectivity index (χ1v) is 15.5. The van der Waals surface area contributed by atoms with Gasteiger partial charge in [-0.3, -0.25) is 19.1 Å². The molecule has 0 aliphatic rings. The fraction of sp³-hybridized carbons (Fsp3) is 0.962. The van der Waals surface area contributed by atoms with Gasteiger partial charge in [0.25, 0.3) is 0 Å². The first-order valence-electron chi connectivity index (χ1n) is 14.0. The molecule has 2 N–H and O–H groups in total. The van der Waals surface area contributed by atoms with E-state index in [1.54, 1.807) is 0 Å². The van der Waals surface area contributed by atoms with Gasteiger partial charge in [-0.2, -0.15) is 0 Å². The van der Waals surface area contributed by atoms with Gasteiger partial charge < -0.3 is 14.1 Å². The molecule has 0 aromatic heterocycles. The van der Waals surface area contributed by atoms with Gasteiger partial charge in [-0.05, 0) is 6.42 Å². The molecule has 0 aliphatic carbocycles. The van der Waals surface area contributed by atoms with Gasteiger partial charge in [0.2, 0.25) is 0 Å². The van der Waals surface area contributed by atoms with Gasteiger partial charge in [-0.1, -0.05) is 96.8 Å². The van der Waals surface area contributed by atoms with Crippen LogP contribution in [0.2, 0.25) is 0 Å². The zero-order chi connectivity index (χ0) is 27.1. The van der Waals surface area contributed by atoms with Crippen molar-refractivity contribution in [1.29, 1.82) is 0 Å². The normalized spacial score (nSPS) is 14.5. The lowest BCUT2D eigenvalue weighted by Crippen LogP contribution is -2.37. The van der Waals surface area contributed by atoms with Crippen LogP contribution in [-0.2, 0) is 28.0 Å². The van der Waals surface area contributed by atoms with Crippen LogP contribution in [0.1, 0.15) is 110 Å². The first-order chi connectivity index (χ1) is 17.1. The van der Waals surface area contributed by atoms with Crippen LogP contribution in [0.15, 0.2) is 0 Å². The minimum Gasteiger partial charge on any atom is -0.463 e. The van der Waals surface area contributed by atoms with Crippen molar-refractivity contribution >= 4 is 13.8 Å². The standard InChI is InChI=1S/C26H54NO8P/c1-5-6-7-8-9-10-11-12-13-14-15-16-17-18-19-20-26(28)32-23-25(35-29)24-34-36(30,31)33-22-21-27(2,3)4/h25H,5-24H2,1-4H3,(H-,29,30,31)/p+1/t25-/m1/s1. The Morgan fingerprint density at radius 3 is 1.69 bits per heavy atom. The molecule has 0 amide bonds. The van der Waals surface area contributed by atoms with E-state index in [4.69, 9.17) is 19.0 Å². The van der Waals surface area contributed by atoms with Gasteiger partial charge in [0.1, 0.15) is 19.8 Å². The third-order valence-electron chi connectivity index (χ3n) is 6.00. The van der Waals surface area contributed by atoms with E-state index in [0.717, 1.165) is 19.3 Å². The van der Waals surface area contributed by atoms with Crippen molar-refractivity contribution < 1.29 is 42.7 Å². The van der Waals surface area contributed by atoms with E-state index in [-0.39, 0.29) is 13.2 Å². The summed E-state index contributed by atoms with van der Waals surface area (Å²) < 4.78 is 27.3. The summed E-state index contributed by atoms with van der Waals surface area (Å²) in [6.45, 7) is 2.10. The molecule has 0 spiro atoms. The number of phosphoric ester groups is 1. The number of esters is 1. The Morgan fingerprint density at radius 2 is 1.25 bits per heavy atom. The highest BCUT2D eigenvalue weighted by molar-refractivity contribution is 7.47. The second-order valence-corrected chi connectivity index (χ2v) is 12.2. The molecule has 9 nitrogen and oxygen atoms in total. The summed E-state index contributed by atoms with van der Waals surface area (Å²) in [7, 11) is 1.50. The van der Waals surface area contributed by atoms with Gasteiger partial charge in [0.15, 0.2) is 6.10 Å². The lowest BCUT2D eigenvalue weighted by atomic mass is 10.0. The monoisotopic (exact) mass is 540 g/mol. The predicted octanol–water partition coefficient (Wildman–Crippen LogP) is 6.49. The minimum atomic E-state index is -4.28. The largest absolute Gasteiger partial charge is 0.472 e. The second kappa shape index (κ2) is 22.4. The van der Waals surface area contributed by atoms with Gasteiger partial charge in [0, 0.05) is 6.42 Å². The van der Waals surface area contributed by atoms with E-state index in [1.165, 1.54) is 77.0 Å². The van der Waals surface area contributed by atoms with Crippen molar-refractivity contribution in [3.63, 3.8) is 0 Å². The number of nitrogens with zero attached hydrogens (tertiary/aromatic N) is 1. The van der Waals surface area contributed by atoms with Crippen molar-refractivity contribution in [2.75, 3.05) is 47.5 Å². The number of quaternary nitrogens is 1. The Bertz CT molecular complexity index is 571. The number of rotatable bonds is 26. The average Bonchev–Trinajstić information content (AvgIpc) is 2.80. The lowest BCUT2D eigenvalue weighted by Gasteiger charge is -2.24. The van der Waals surface area contributed by atoms with Crippen LogP contribution in [0.25, 0.3) is 0 Å². The molecule has 36 heavy (non-hydrogen) atoms. The van der Waals surface area contributed by atoms with E-state index in [0.29, 0.717) is 17.4 Å². The molecule has 0 aromatic rings. The molecular formula is C26H55NO8P+. The van der Waals surface area contributed by atoms with Crippen molar-refractivity contribution in [2.24, 2.45) is 0 Å². The number of unbranched alkanes of at least 4 members (excludes halogenated alkanes) is 14. The Balaban J connectivity index is 3.65. The zero-order valence-corrected chi connectivity index (χ0v) is 24.4. The number of hydrogen-bond donors (Lipinski definition) is 2. The fourth-order valence-corrected chi connectivity index (χ4v) is 4.39. The molecule has 1 unspecified atom stereocenters. The van der Waals surface area contributed by atoms with E-state index in [2.05, 4.69) is 11.8 Å². The summed E-state index contributed by atoms with van der Waals surface area (Å²) >= 11 is 0. The average molecular weight is 541 g/mol. The van der Waals surface area contributed by atoms with Crippen LogP contribution >= 0.6 is 7.82 Å². The number of carbonyl (C=O) groups is 1. The fourth-order valence-electron chi connectivity index (χ4n) is 3.65. The SMILES string of the molecule is CCCCCCCCCCCCCCCCCC(=O)OC[C@H](COP(=O)(O)OCC[N+](C)(C)C)OO. The maximum Gasteiger partial charge on any atom is 0.472 e. The number of hydrogen-bond acceptors (Lipinski definition) is 7. The van der Waals surface area contributed by atoms with Gasteiger partial charge >= 0.3 is 13.8 Å². The minimum absolute atomic E-state index is 0.0379. The van der Waals surface area contributed by atoms with E-state index >= 15 is 0 Å². The number of likely N-dealkylation sites (N-methyl/N-ethyl adjacent to an activating group) is 1. The van der Waals surface area contributed by atoms with Gasteiger partial charge in [-0.15, -0.1) is 0 Å². The summed E-state index contributed by atoms with van der Waals surface area (Å²) in [4.78, 5) is 25.8. The van der Waals surface area contributed by atoms with Crippen molar-refractivity contribution in [3.05, 3.63) is 0 Å². The van der Waals surface area contributed by atoms with Crippen LogP contribution < -0.4 is 0 Å². The summed E-state index contributed by atoms with van der Waals surface area (Å²) in [6.07, 6.45) is 18.1. The number of ether oxygens (including phenoxy) is 1. The van der Waals surface area contributed by atoms with E-state index in [1.807, 2.05) is 21.1 Å². The molecule has 2 atom stereocenters. The highest BCUT2D eigenvalue weighted by atomic mass is 31.2. The maximum atomic E-state index is 11.9. The van der Waals surface area contributed by atoms with Gasteiger partial charge in [-0.25, -0.2) is 9.45 Å². The molecule has 0 saturated heterocycles. The van der Waals surface area contributed by atoms with Crippen molar-refractivity contribution in [3.8, 4) is 0 Å². The van der Waals surface area contributed by atoms with Crippen molar-refractivity contribution in [1.82, 2.24) is 0 Å². The van der Waals surface area contributed by atoms with Crippen LogP contribution in [0, 0.1) is 0 Å². The molecule has 0 aromatic carbocycles.